The van der Waals surface area contributed by atoms with Crippen molar-refractivity contribution in [2.45, 2.75) is 25.8 Å². The number of carbonyl (C=O) groups excluding carboxylic acids is 1. The van der Waals surface area contributed by atoms with E-state index in [1.807, 2.05) is 13.0 Å². The Bertz CT molecular complexity index is 873. The van der Waals surface area contributed by atoms with Crippen molar-refractivity contribution >= 4 is 11.6 Å². The van der Waals surface area contributed by atoms with Crippen molar-refractivity contribution in [3.8, 4) is 11.5 Å². The lowest BCUT2D eigenvalue weighted by molar-refractivity contribution is -0.120. The summed E-state index contributed by atoms with van der Waals surface area (Å²) >= 11 is 0. The molecule has 0 fully saturated rings. The monoisotopic (exact) mass is 390 g/mol. The number of halogens is 2. The van der Waals surface area contributed by atoms with E-state index in [9.17, 15) is 13.6 Å². The van der Waals surface area contributed by atoms with Gasteiger partial charge in [-0.3, -0.25) is 4.79 Å². The lowest BCUT2D eigenvalue weighted by atomic mass is 10.0. The van der Waals surface area contributed by atoms with E-state index in [4.69, 9.17) is 9.47 Å². The quantitative estimate of drug-likeness (QED) is 0.819. The number of aryl methyl sites for hydroxylation is 1. The van der Waals surface area contributed by atoms with E-state index in [-0.39, 0.29) is 18.5 Å². The number of methoxy groups -OCH3 is 2. The van der Waals surface area contributed by atoms with Gasteiger partial charge in [-0.05, 0) is 49.6 Å². The highest BCUT2D eigenvalue weighted by Gasteiger charge is 2.24. The number of nitrogens with zero attached hydrogens (tertiary/aromatic N) is 1. The number of hydrogen-bond acceptors (Lipinski definition) is 4. The molecule has 0 saturated heterocycles. The van der Waals surface area contributed by atoms with Crippen molar-refractivity contribution < 1.29 is 23.0 Å². The Morgan fingerprint density at radius 2 is 2.00 bits per heavy atom. The van der Waals surface area contributed by atoms with Gasteiger partial charge in [-0.25, -0.2) is 8.78 Å². The highest BCUT2D eigenvalue weighted by molar-refractivity contribution is 5.82. The Morgan fingerprint density at radius 3 is 2.71 bits per heavy atom. The van der Waals surface area contributed by atoms with Crippen molar-refractivity contribution in [1.82, 2.24) is 5.32 Å². The number of fused-ring (bicyclic) bond motifs is 1. The van der Waals surface area contributed by atoms with Gasteiger partial charge in [0, 0.05) is 18.2 Å². The maximum Gasteiger partial charge on any atom is 0.239 e. The van der Waals surface area contributed by atoms with Gasteiger partial charge in [-0.1, -0.05) is 0 Å². The fourth-order valence-electron chi connectivity index (χ4n) is 3.61. The number of nitrogens with one attached hydrogen (secondary N) is 1. The molecular formula is C21H24F2N2O3. The van der Waals surface area contributed by atoms with Gasteiger partial charge >= 0.3 is 0 Å². The fourth-order valence-corrected chi connectivity index (χ4v) is 3.61. The van der Waals surface area contributed by atoms with Crippen LogP contribution in [0.4, 0.5) is 14.5 Å². The molecule has 1 aliphatic rings. The third kappa shape index (κ3) is 4.18. The summed E-state index contributed by atoms with van der Waals surface area (Å²) < 4.78 is 38.4. The maximum atomic E-state index is 14.3. The second-order valence-electron chi connectivity index (χ2n) is 6.82. The van der Waals surface area contributed by atoms with Crippen LogP contribution in [-0.4, -0.2) is 33.2 Å². The maximum absolute atomic E-state index is 14.3. The molecule has 0 saturated carbocycles. The van der Waals surface area contributed by atoms with Crippen LogP contribution in [0.25, 0.3) is 0 Å². The first-order chi connectivity index (χ1) is 13.4. The summed E-state index contributed by atoms with van der Waals surface area (Å²) in [6.45, 7) is 2.38. The molecule has 150 valence electrons. The Kier molecular flexibility index (Phi) is 6.02. The minimum atomic E-state index is -0.634. The van der Waals surface area contributed by atoms with Crippen LogP contribution in [0, 0.1) is 11.6 Å². The summed E-state index contributed by atoms with van der Waals surface area (Å²) in [7, 11) is 3.13. The van der Waals surface area contributed by atoms with Gasteiger partial charge in [0.25, 0.3) is 0 Å². The van der Waals surface area contributed by atoms with Gasteiger partial charge in [0.05, 0.1) is 32.5 Å². The average molecular weight is 390 g/mol. The standard InChI is InChI=1S/C21H24F2N2O3/c1-13(17-11-16(27-2)6-7-19(17)28-3)24-20(26)12-25-8-4-5-14-9-15(22)10-18(23)21(14)25/h6-7,9-11,13H,4-5,8,12H2,1-3H3,(H,24,26). The molecule has 7 heteroatoms. The molecule has 0 spiro atoms. The first kappa shape index (κ1) is 19.9. The van der Waals surface area contributed by atoms with E-state index in [0.29, 0.717) is 35.7 Å². The molecular weight excluding hydrogens is 366 g/mol. The van der Waals surface area contributed by atoms with Gasteiger partial charge in [-0.2, -0.15) is 0 Å². The van der Waals surface area contributed by atoms with Gasteiger partial charge in [-0.15, -0.1) is 0 Å². The van der Waals surface area contributed by atoms with Gasteiger partial charge in [0.15, 0.2) is 0 Å². The second kappa shape index (κ2) is 8.46. The first-order valence-corrected chi connectivity index (χ1v) is 9.17. The SMILES string of the molecule is COc1ccc(OC)c(C(C)NC(=O)CN2CCCc3cc(F)cc(F)c32)c1. The highest BCUT2D eigenvalue weighted by Crippen LogP contribution is 2.31. The van der Waals surface area contributed by atoms with Crippen LogP contribution in [0.2, 0.25) is 0 Å². The molecule has 1 atom stereocenters. The predicted octanol–water partition coefficient (Wildman–Crippen LogP) is 3.61. The smallest absolute Gasteiger partial charge is 0.239 e. The highest BCUT2D eigenvalue weighted by atomic mass is 19.1. The molecule has 0 aliphatic carbocycles. The van der Waals surface area contributed by atoms with Crippen molar-refractivity contribution in [2.75, 3.05) is 32.2 Å². The van der Waals surface area contributed by atoms with E-state index >= 15 is 0 Å². The van der Waals surface area contributed by atoms with Crippen LogP contribution in [0.3, 0.4) is 0 Å². The van der Waals surface area contributed by atoms with Crippen molar-refractivity contribution in [2.24, 2.45) is 0 Å². The van der Waals surface area contributed by atoms with E-state index in [1.165, 1.54) is 6.07 Å². The Morgan fingerprint density at radius 1 is 1.21 bits per heavy atom. The summed E-state index contributed by atoms with van der Waals surface area (Å²) in [5, 5.41) is 2.92. The number of hydrogen-bond donors (Lipinski definition) is 1. The van der Waals surface area contributed by atoms with Crippen LogP contribution in [0.5, 0.6) is 11.5 Å². The average Bonchev–Trinajstić information content (AvgIpc) is 2.66. The molecule has 1 amide bonds. The molecule has 5 nitrogen and oxygen atoms in total. The van der Waals surface area contributed by atoms with Gasteiger partial charge in [0.1, 0.15) is 23.1 Å². The van der Waals surface area contributed by atoms with Crippen LogP contribution < -0.4 is 19.7 Å². The number of carbonyl (C=O) groups is 1. The molecule has 2 aromatic carbocycles. The summed E-state index contributed by atoms with van der Waals surface area (Å²) in [5.41, 5.74) is 1.69. The number of anilines is 1. The van der Waals surface area contributed by atoms with Crippen molar-refractivity contribution in [1.29, 1.82) is 0 Å². The molecule has 1 heterocycles. The molecule has 0 radical (unpaired) electrons. The topological polar surface area (TPSA) is 50.8 Å². The van der Waals surface area contributed by atoms with E-state index < -0.39 is 11.6 Å². The largest absolute Gasteiger partial charge is 0.497 e. The molecule has 1 N–H and O–H groups in total. The molecule has 1 unspecified atom stereocenters. The molecule has 0 bridgehead atoms. The lowest BCUT2D eigenvalue weighted by Crippen LogP contribution is -2.41. The zero-order valence-electron chi connectivity index (χ0n) is 16.2. The number of amides is 1. The molecule has 0 aromatic heterocycles. The van der Waals surface area contributed by atoms with E-state index in [2.05, 4.69) is 5.32 Å². The van der Waals surface area contributed by atoms with Gasteiger partial charge in [0.2, 0.25) is 5.91 Å². The Balaban J connectivity index is 1.74. The fraction of sp³-hybridized carbons (Fsp3) is 0.381. The minimum absolute atomic E-state index is 0.00776. The molecule has 1 aliphatic heterocycles. The molecule has 3 rings (SSSR count). The predicted molar refractivity (Wildman–Crippen MR) is 103 cm³/mol. The number of rotatable bonds is 6. The Hall–Kier alpha value is -2.83. The van der Waals surface area contributed by atoms with E-state index in [1.54, 1.807) is 31.3 Å². The zero-order valence-corrected chi connectivity index (χ0v) is 16.2. The summed E-state index contributed by atoms with van der Waals surface area (Å²) in [5.74, 6) is -0.190. The molecule has 2 aromatic rings. The summed E-state index contributed by atoms with van der Waals surface area (Å²) in [6.07, 6.45) is 1.34. The number of benzene rings is 2. The molecule has 28 heavy (non-hydrogen) atoms. The normalized spacial score (nSPS) is 14.2. The second-order valence-corrected chi connectivity index (χ2v) is 6.82. The Labute approximate surface area is 163 Å². The van der Waals surface area contributed by atoms with Crippen LogP contribution in [0.1, 0.15) is 30.5 Å². The number of ether oxygens (including phenoxy) is 2. The third-order valence-corrected chi connectivity index (χ3v) is 4.91. The summed E-state index contributed by atoms with van der Waals surface area (Å²) in [6, 6.07) is 7.23. The van der Waals surface area contributed by atoms with Crippen molar-refractivity contribution in [3.63, 3.8) is 0 Å². The van der Waals surface area contributed by atoms with Gasteiger partial charge < -0.3 is 19.7 Å². The minimum Gasteiger partial charge on any atom is -0.497 e. The summed E-state index contributed by atoms with van der Waals surface area (Å²) in [4.78, 5) is 14.3. The zero-order chi connectivity index (χ0) is 20.3. The lowest BCUT2D eigenvalue weighted by Gasteiger charge is -2.31. The first-order valence-electron chi connectivity index (χ1n) is 9.17. The van der Waals surface area contributed by atoms with E-state index in [0.717, 1.165) is 18.1 Å². The van der Waals surface area contributed by atoms with Crippen LogP contribution in [-0.2, 0) is 11.2 Å². The van der Waals surface area contributed by atoms with Crippen molar-refractivity contribution in [3.05, 3.63) is 53.1 Å². The third-order valence-electron chi connectivity index (χ3n) is 4.91. The van der Waals surface area contributed by atoms with Crippen LogP contribution in [0.15, 0.2) is 30.3 Å². The van der Waals surface area contributed by atoms with Crippen LogP contribution >= 0.6 is 0 Å².